The molecule has 144 valence electrons. The first kappa shape index (κ1) is 19.5. The normalized spacial score (nSPS) is 11.9. The van der Waals surface area contributed by atoms with Crippen molar-refractivity contribution in [1.29, 1.82) is 0 Å². The van der Waals surface area contributed by atoms with E-state index >= 15 is 0 Å². The van der Waals surface area contributed by atoms with E-state index in [0.29, 0.717) is 6.54 Å². The summed E-state index contributed by atoms with van der Waals surface area (Å²) in [6.07, 6.45) is 3.91. The second-order valence-electron chi connectivity index (χ2n) is 6.77. The van der Waals surface area contributed by atoms with Crippen molar-refractivity contribution >= 4 is 5.69 Å². The summed E-state index contributed by atoms with van der Waals surface area (Å²) in [4.78, 5) is 11.7. The van der Waals surface area contributed by atoms with E-state index in [2.05, 4.69) is 17.2 Å². The summed E-state index contributed by atoms with van der Waals surface area (Å²) in [5.74, 6) is -0.235. The Kier molecular flexibility index (Phi) is 6.34. The van der Waals surface area contributed by atoms with Gasteiger partial charge in [-0.3, -0.25) is 10.1 Å². The highest BCUT2D eigenvalue weighted by Gasteiger charge is 2.13. The van der Waals surface area contributed by atoms with Crippen molar-refractivity contribution in [1.82, 2.24) is 4.57 Å². The molecule has 28 heavy (non-hydrogen) atoms. The zero-order chi connectivity index (χ0) is 19.9. The van der Waals surface area contributed by atoms with Gasteiger partial charge in [0.2, 0.25) is 0 Å². The molecule has 3 rings (SSSR count). The highest BCUT2D eigenvalue weighted by molar-refractivity contribution is 5.32. The third-order valence-electron chi connectivity index (χ3n) is 4.66. The van der Waals surface area contributed by atoms with E-state index in [1.54, 1.807) is 24.3 Å². The fraction of sp³-hybridized carbons (Fsp3) is 0.182. The van der Waals surface area contributed by atoms with Crippen LogP contribution in [-0.2, 0) is 19.6 Å². The maximum atomic E-state index is 13.1. The average molecular weight is 380 g/mol. The van der Waals surface area contributed by atoms with E-state index < -0.39 is 0 Å². The average Bonchev–Trinajstić information content (AvgIpc) is 3.11. The number of nitro groups is 1. The number of hydrogen-bond donors (Lipinski definition) is 1. The van der Waals surface area contributed by atoms with E-state index in [0.717, 1.165) is 30.8 Å². The first-order chi connectivity index (χ1) is 13.5. The minimum atomic E-state index is -0.388. The number of rotatable bonds is 9. The van der Waals surface area contributed by atoms with Crippen molar-refractivity contribution in [2.24, 2.45) is 0 Å². The quantitative estimate of drug-likeness (QED) is 0.352. The maximum Gasteiger partial charge on any atom is 0.269 e. The van der Waals surface area contributed by atoms with Crippen LogP contribution >= 0.6 is 0 Å². The summed E-state index contributed by atoms with van der Waals surface area (Å²) < 4.78 is 15.3. The minimum absolute atomic E-state index is 0.0993. The van der Waals surface area contributed by atoms with Crippen LogP contribution in [-0.4, -0.2) is 16.0 Å². The van der Waals surface area contributed by atoms with Crippen LogP contribution in [0, 0.1) is 15.9 Å². The predicted octanol–water partition coefficient (Wildman–Crippen LogP) is 3.35. The molecule has 0 aliphatic heterocycles. The van der Waals surface area contributed by atoms with Crippen molar-refractivity contribution in [3.63, 3.8) is 0 Å². The summed E-state index contributed by atoms with van der Waals surface area (Å²) >= 11 is 0. The van der Waals surface area contributed by atoms with Crippen molar-refractivity contribution in [2.75, 3.05) is 6.54 Å². The number of halogens is 1. The van der Waals surface area contributed by atoms with Gasteiger partial charge in [-0.05, 0) is 48.0 Å². The van der Waals surface area contributed by atoms with Gasteiger partial charge in [-0.15, -0.1) is 0 Å². The molecule has 1 N–H and O–H groups in total. The van der Waals surface area contributed by atoms with Crippen molar-refractivity contribution < 1.29 is 14.2 Å². The Bertz CT molecular complexity index is 933. The minimum Gasteiger partial charge on any atom is -0.342 e. The number of quaternary nitrogens is 1. The van der Waals surface area contributed by atoms with Crippen LogP contribution in [0.15, 0.2) is 79.5 Å². The van der Waals surface area contributed by atoms with Crippen molar-refractivity contribution in [2.45, 2.75) is 19.6 Å². The number of hydrogen-bond acceptors (Lipinski definition) is 2. The molecule has 0 aliphatic carbocycles. The van der Waals surface area contributed by atoms with Crippen LogP contribution < -0.4 is 4.90 Å². The fourth-order valence-electron chi connectivity index (χ4n) is 3.24. The summed E-state index contributed by atoms with van der Waals surface area (Å²) in [5.41, 5.74) is 3.35. The van der Waals surface area contributed by atoms with Gasteiger partial charge in [0.1, 0.15) is 18.9 Å². The van der Waals surface area contributed by atoms with Gasteiger partial charge in [-0.2, -0.15) is 0 Å². The Hall–Kier alpha value is -3.25. The highest BCUT2D eigenvalue weighted by Crippen LogP contribution is 2.12. The second-order valence-corrected chi connectivity index (χ2v) is 6.77. The standard InChI is InChI=1S/C22H22FN3O2/c1-2-13-24(15-18-7-11-21(12-8-18)26(27)28)17-22-4-3-14-25(22)16-19-5-9-20(23)10-6-19/h2-12,14H,1,13,15-17H2/p+1. The van der Waals surface area contributed by atoms with Crippen LogP contribution in [0.2, 0.25) is 0 Å². The molecule has 0 amide bonds. The summed E-state index contributed by atoms with van der Waals surface area (Å²) in [5, 5.41) is 10.8. The molecular formula is C22H23FN3O2+. The number of non-ortho nitro benzene ring substituents is 1. The third-order valence-corrected chi connectivity index (χ3v) is 4.66. The summed E-state index contributed by atoms with van der Waals surface area (Å²) in [7, 11) is 0. The number of benzene rings is 2. The van der Waals surface area contributed by atoms with Crippen LogP contribution in [0.25, 0.3) is 0 Å². The molecule has 0 saturated carbocycles. The van der Waals surface area contributed by atoms with Gasteiger partial charge in [-0.25, -0.2) is 4.39 Å². The molecule has 5 nitrogen and oxygen atoms in total. The Morgan fingerprint density at radius 3 is 2.36 bits per heavy atom. The van der Waals surface area contributed by atoms with Gasteiger partial charge in [-0.1, -0.05) is 18.7 Å². The Balaban J connectivity index is 1.70. The monoisotopic (exact) mass is 380 g/mol. The summed E-state index contributed by atoms with van der Waals surface area (Å²) in [6, 6.07) is 17.3. The van der Waals surface area contributed by atoms with Gasteiger partial charge < -0.3 is 9.47 Å². The van der Waals surface area contributed by atoms with Crippen molar-refractivity contribution in [3.05, 3.63) is 112 Å². The van der Waals surface area contributed by atoms with E-state index in [9.17, 15) is 14.5 Å². The zero-order valence-corrected chi connectivity index (χ0v) is 15.6. The van der Waals surface area contributed by atoms with E-state index in [1.807, 2.05) is 18.3 Å². The van der Waals surface area contributed by atoms with Crippen LogP contribution in [0.4, 0.5) is 10.1 Å². The molecule has 2 aromatic carbocycles. The lowest BCUT2D eigenvalue weighted by atomic mass is 10.2. The van der Waals surface area contributed by atoms with Gasteiger partial charge >= 0.3 is 0 Å². The molecule has 1 atom stereocenters. The number of nitrogens with one attached hydrogen (secondary N) is 1. The van der Waals surface area contributed by atoms with E-state index in [1.165, 1.54) is 34.9 Å². The molecule has 0 spiro atoms. The smallest absolute Gasteiger partial charge is 0.269 e. The molecule has 3 aromatic rings. The lowest BCUT2D eigenvalue weighted by molar-refractivity contribution is -0.922. The molecule has 1 aromatic heterocycles. The Morgan fingerprint density at radius 1 is 1.04 bits per heavy atom. The molecule has 1 unspecified atom stereocenters. The number of nitro benzene ring substituents is 1. The van der Waals surface area contributed by atoms with Crippen LogP contribution in [0.1, 0.15) is 16.8 Å². The van der Waals surface area contributed by atoms with Crippen LogP contribution in [0.3, 0.4) is 0 Å². The van der Waals surface area contributed by atoms with Gasteiger partial charge in [0.15, 0.2) is 0 Å². The van der Waals surface area contributed by atoms with Crippen LogP contribution in [0.5, 0.6) is 0 Å². The largest absolute Gasteiger partial charge is 0.342 e. The van der Waals surface area contributed by atoms with Crippen molar-refractivity contribution in [3.8, 4) is 0 Å². The van der Waals surface area contributed by atoms with E-state index in [4.69, 9.17) is 0 Å². The number of aromatic nitrogens is 1. The molecule has 0 aliphatic rings. The topological polar surface area (TPSA) is 52.5 Å². The van der Waals surface area contributed by atoms with Gasteiger partial charge in [0.05, 0.1) is 17.2 Å². The molecule has 6 heteroatoms. The lowest BCUT2D eigenvalue weighted by Crippen LogP contribution is -3.09. The molecule has 0 radical (unpaired) electrons. The SMILES string of the molecule is C=CC[NH+](Cc1ccc([N+](=O)[O-])cc1)Cc1cccn1Cc1ccc(F)cc1. The van der Waals surface area contributed by atoms with Gasteiger partial charge in [0.25, 0.3) is 5.69 Å². The zero-order valence-electron chi connectivity index (χ0n) is 15.6. The molecular weight excluding hydrogens is 357 g/mol. The molecule has 1 heterocycles. The Labute approximate surface area is 163 Å². The molecule has 0 bridgehead atoms. The fourth-order valence-corrected chi connectivity index (χ4v) is 3.24. The Morgan fingerprint density at radius 2 is 1.71 bits per heavy atom. The highest BCUT2D eigenvalue weighted by atomic mass is 19.1. The lowest BCUT2D eigenvalue weighted by Gasteiger charge is -2.19. The first-order valence-electron chi connectivity index (χ1n) is 9.11. The predicted molar refractivity (Wildman–Crippen MR) is 106 cm³/mol. The summed E-state index contributed by atoms with van der Waals surface area (Å²) in [6.45, 7) is 6.84. The molecule has 0 fully saturated rings. The maximum absolute atomic E-state index is 13.1. The number of nitrogens with zero attached hydrogens (tertiary/aromatic N) is 2. The second kappa shape index (κ2) is 9.10. The van der Waals surface area contributed by atoms with E-state index in [-0.39, 0.29) is 16.4 Å². The van der Waals surface area contributed by atoms with Gasteiger partial charge in [0, 0.05) is 30.4 Å². The molecule has 0 saturated heterocycles. The third kappa shape index (κ3) is 5.14. The first-order valence-corrected chi connectivity index (χ1v) is 9.11.